The van der Waals surface area contributed by atoms with Crippen molar-refractivity contribution in [2.24, 2.45) is 0 Å². The van der Waals surface area contributed by atoms with Crippen molar-refractivity contribution in [3.8, 4) is 11.1 Å². The van der Waals surface area contributed by atoms with Crippen LogP contribution in [-0.2, 0) is 17.1 Å². The Kier molecular flexibility index (Phi) is 3.75. The van der Waals surface area contributed by atoms with Gasteiger partial charge in [-0.15, -0.1) is 0 Å². The fourth-order valence-corrected chi connectivity index (χ4v) is 1.26. The van der Waals surface area contributed by atoms with E-state index >= 15 is 0 Å². The average molecular weight is 218 g/mol. The van der Waals surface area contributed by atoms with Crippen molar-refractivity contribution in [1.29, 1.82) is 0 Å². The Labute approximate surface area is 89.1 Å². The van der Waals surface area contributed by atoms with E-state index in [1.165, 1.54) is 11.1 Å². The van der Waals surface area contributed by atoms with Gasteiger partial charge in [0.05, 0.1) is 0 Å². The van der Waals surface area contributed by atoms with E-state index < -0.39 is 0 Å². The molecule has 0 aliphatic rings. The van der Waals surface area contributed by atoms with Gasteiger partial charge in [-0.25, -0.2) is 0 Å². The molecule has 0 aliphatic heterocycles. The summed E-state index contributed by atoms with van der Waals surface area (Å²) < 4.78 is 0. The first-order valence-corrected chi connectivity index (χ1v) is 4.07. The second-order valence-electron chi connectivity index (χ2n) is 2.73. The van der Waals surface area contributed by atoms with Gasteiger partial charge in [-0.05, 0) is 11.1 Å². The molecular formula is C12H10Cu. The molecule has 2 aromatic rings. The molecule has 0 spiro atoms. The van der Waals surface area contributed by atoms with Gasteiger partial charge in [-0.1, -0.05) is 60.7 Å². The molecule has 13 heavy (non-hydrogen) atoms. The Hall–Kier alpha value is -1.04. The normalized spacial score (nSPS) is 8.92. The van der Waals surface area contributed by atoms with E-state index in [-0.39, 0.29) is 17.1 Å². The molecule has 0 aliphatic carbocycles. The number of hydrogen-bond donors (Lipinski definition) is 0. The van der Waals surface area contributed by atoms with Crippen LogP contribution in [0.4, 0.5) is 0 Å². The average Bonchev–Trinajstić information content (AvgIpc) is 2.21. The maximum Gasteiger partial charge on any atom is 0 e. The molecule has 0 saturated carbocycles. The first kappa shape index (κ1) is 10.0. The van der Waals surface area contributed by atoms with Crippen molar-refractivity contribution in [2.75, 3.05) is 0 Å². The molecule has 69 valence electrons. The molecule has 1 heteroatoms. The summed E-state index contributed by atoms with van der Waals surface area (Å²) in [6, 6.07) is 20.8. The topological polar surface area (TPSA) is 0 Å². The maximum absolute atomic E-state index is 2.12. The largest absolute Gasteiger partial charge is 0.0622 e. The van der Waals surface area contributed by atoms with Crippen LogP contribution in [0.3, 0.4) is 0 Å². The smallest absolute Gasteiger partial charge is 0 e. The van der Waals surface area contributed by atoms with Gasteiger partial charge >= 0.3 is 0 Å². The van der Waals surface area contributed by atoms with E-state index in [0.717, 1.165) is 0 Å². The van der Waals surface area contributed by atoms with Crippen LogP contribution in [0, 0.1) is 0 Å². The van der Waals surface area contributed by atoms with Gasteiger partial charge in [-0.3, -0.25) is 0 Å². The molecule has 0 fully saturated rings. The van der Waals surface area contributed by atoms with E-state index in [9.17, 15) is 0 Å². The molecule has 2 aromatic carbocycles. The SMILES string of the molecule is [Cu].c1ccc(-c2ccccc2)cc1. The number of hydrogen-bond acceptors (Lipinski definition) is 0. The monoisotopic (exact) mass is 217 g/mol. The Morgan fingerprint density at radius 1 is 0.462 bits per heavy atom. The molecule has 0 nitrogen and oxygen atoms in total. The van der Waals surface area contributed by atoms with Crippen molar-refractivity contribution >= 4 is 0 Å². The standard InChI is InChI=1S/C12H10.Cu/c1-3-7-11(8-4-1)12-9-5-2-6-10-12;/h1-10H;. The van der Waals surface area contributed by atoms with Crippen LogP contribution >= 0.6 is 0 Å². The second-order valence-corrected chi connectivity index (χ2v) is 2.73. The minimum absolute atomic E-state index is 0. The first-order chi connectivity index (χ1) is 5.97. The quantitative estimate of drug-likeness (QED) is 0.643. The zero-order chi connectivity index (χ0) is 8.23. The van der Waals surface area contributed by atoms with Gasteiger partial charge in [0.25, 0.3) is 0 Å². The Balaban J connectivity index is 0.000000845. The molecule has 0 saturated heterocycles. The van der Waals surface area contributed by atoms with Crippen molar-refractivity contribution in [3.63, 3.8) is 0 Å². The first-order valence-electron chi connectivity index (χ1n) is 4.07. The molecule has 0 bridgehead atoms. The van der Waals surface area contributed by atoms with Gasteiger partial charge in [0.1, 0.15) is 0 Å². The Morgan fingerprint density at radius 3 is 1.08 bits per heavy atom. The summed E-state index contributed by atoms with van der Waals surface area (Å²) in [5.41, 5.74) is 2.55. The van der Waals surface area contributed by atoms with Gasteiger partial charge in [0.2, 0.25) is 0 Å². The molecule has 0 amide bonds. The van der Waals surface area contributed by atoms with E-state index in [1.807, 2.05) is 12.1 Å². The zero-order valence-electron chi connectivity index (χ0n) is 7.08. The fraction of sp³-hybridized carbons (Fsp3) is 0. The minimum Gasteiger partial charge on any atom is -0.0622 e. The van der Waals surface area contributed by atoms with Crippen LogP contribution in [0.25, 0.3) is 11.1 Å². The van der Waals surface area contributed by atoms with E-state index in [4.69, 9.17) is 0 Å². The van der Waals surface area contributed by atoms with Crippen molar-refractivity contribution in [2.45, 2.75) is 0 Å². The Bertz CT molecular complexity index is 303. The molecule has 0 aromatic heterocycles. The minimum atomic E-state index is 0. The number of rotatable bonds is 1. The fourth-order valence-electron chi connectivity index (χ4n) is 1.26. The predicted molar refractivity (Wildman–Crippen MR) is 51.9 cm³/mol. The zero-order valence-corrected chi connectivity index (χ0v) is 8.02. The summed E-state index contributed by atoms with van der Waals surface area (Å²) in [5, 5.41) is 0. The predicted octanol–water partition coefficient (Wildman–Crippen LogP) is 3.35. The van der Waals surface area contributed by atoms with Gasteiger partial charge < -0.3 is 0 Å². The van der Waals surface area contributed by atoms with Crippen LogP contribution in [0.1, 0.15) is 0 Å². The molecular weight excluding hydrogens is 208 g/mol. The summed E-state index contributed by atoms with van der Waals surface area (Å²) in [6.45, 7) is 0. The molecule has 2 rings (SSSR count). The maximum atomic E-state index is 2.12. The molecule has 0 atom stereocenters. The summed E-state index contributed by atoms with van der Waals surface area (Å²) in [7, 11) is 0. The van der Waals surface area contributed by atoms with Crippen LogP contribution in [0.5, 0.6) is 0 Å². The van der Waals surface area contributed by atoms with Crippen molar-refractivity contribution < 1.29 is 17.1 Å². The van der Waals surface area contributed by atoms with Crippen LogP contribution in [0.2, 0.25) is 0 Å². The van der Waals surface area contributed by atoms with Crippen molar-refractivity contribution in [3.05, 3.63) is 60.7 Å². The van der Waals surface area contributed by atoms with E-state index in [1.54, 1.807) is 0 Å². The molecule has 0 heterocycles. The molecule has 0 N–H and O–H groups in total. The second kappa shape index (κ2) is 4.86. The molecule has 1 radical (unpaired) electrons. The van der Waals surface area contributed by atoms with E-state index in [2.05, 4.69) is 48.5 Å². The van der Waals surface area contributed by atoms with Crippen LogP contribution in [-0.4, -0.2) is 0 Å². The number of benzene rings is 2. The summed E-state index contributed by atoms with van der Waals surface area (Å²) in [6.07, 6.45) is 0. The van der Waals surface area contributed by atoms with E-state index in [0.29, 0.717) is 0 Å². The van der Waals surface area contributed by atoms with Gasteiger partial charge in [0.15, 0.2) is 0 Å². The summed E-state index contributed by atoms with van der Waals surface area (Å²) in [5.74, 6) is 0. The van der Waals surface area contributed by atoms with Gasteiger partial charge in [0, 0.05) is 17.1 Å². The van der Waals surface area contributed by atoms with Gasteiger partial charge in [-0.2, -0.15) is 0 Å². The van der Waals surface area contributed by atoms with Crippen molar-refractivity contribution in [1.82, 2.24) is 0 Å². The Morgan fingerprint density at radius 2 is 0.769 bits per heavy atom. The van der Waals surface area contributed by atoms with Crippen LogP contribution < -0.4 is 0 Å². The third-order valence-corrected chi connectivity index (χ3v) is 1.88. The van der Waals surface area contributed by atoms with Crippen LogP contribution in [0.15, 0.2) is 60.7 Å². The third-order valence-electron chi connectivity index (χ3n) is 1.88. The third kappa shape index (κ3) is 2.45. The summed E-state index contributed by atoms with van der Waals surface area (Å²) >= 11 is 0. The summed E-state index contributed by atoms with van der Waals surface area (Å²) in [4.78, 5) is 0. The molecule has 0 unspecified atom stereocenters.